The second-order valence-electron chi connectivity index (χ2n) is 5.13. The van der Waals surface area contributed by atoms with E-state index < -0.39 is 0 Å². The molecule has 1 N–H and O–H groups in total. The van der Waals surface area contributed by atoms with Crippen LogP contribution < -0.4 is 5.32 Å². The van der Waals surface area contributed by atoms with Gasteiger partial charge in [0, 0.05) is 25.6 Å². The van der Waals surface area contributed by atoms with Crippen molar-refractivity contribution in [1.29, 1.82) is 0 Å². The maximum Gasteiger partial charge on any atom is 0.152 e. The van der Waals surface area contributed by atoms with E-state index in [9.17, 15) is 0 Å². The lowest BCUT2D eigenvalue weighted by Gasteiger charge is -2.06. The van der Waals surface area contributed by atoms with E-state index in [0.29, 0.717) is 12.5 Å². The van der Waals surface area contributed by atoms with E-state index in [1.807, 2.05) is 28.5 Å². The minimum atomic E-state index is 0.403. The van der Waals surface area contributed by atoms with E-state index in [4.69, 9.17) is 0 Å². The van der Waals surface area contributed by atoms with Gasteiger partial charge in [0.2, 0.25) is 0 Å². The van der Waals surface area contributed by atoms with E-state index in [1.54, 1.807) is 12.4 Å². The van der Waals surface area contributed by atoms with Crippen molar-refractivity contribution >= 4 is 11.3 Å². The molecule has 0 saturated carbocycles. The van der Waals surface area contributed by atoms with E-state index in [1.165, 1.54) is 0 Å². The fraction of sp³-hybridized carbons (Fsp3) is 0.357. The highest BCUT2D eigenvalue weighted by atomic mass is 15.3. The molecule has 6 nitrogen and oxygen atoms in total. The fourth-order valence-corrected chi connectivity index (χ4v) is 2.11. The van der Waals surface area contributed by atoms with Gasteiger partial charge in [0.05, 0.1) is 17.9 Å². The van der Waals surface area contributed by atoms with Crippen molar-refractivity contribution in [2.24, 2.45) is 7.05 Å². The van der Waals surface area contributed by atoms with Gasteiger partial charge in [-0.3, -0.25) is 4.68 Å². The van der Waals surface area contributed by atoms with Gasteiger partial charge in [-0.15, -0.1) is 0 Å². The Morgan fingerprint density at radius 3 is 2.85 bits per heavy atom. The first-order chi connectivity index (χ1) is 9.65. The van der Waals surface area contributed by atoms with Gasteiger partial charge in [-0.2, -0.15) is 10.2 Å². The van der Waals surface area contributed by atoms with Crippen LogP contribution in [0.5, 0.6) is 0 Å². The van der Waals surface area contributed by atoms with E-state index in [-0.39, 0.29) is 0 Å². The van der Waals surface area contributed by atoms with Gasteiger partial charge in [0.1, 0.15) is 5.52 Å². The molecule has 3 rings (SSSR count). The summed E-state index contributed by atoms with van der Waals surface area (Å²) in [6.45, 7) is 4.96. The second kappa shape index (κ2) is 4.96. The molecule has 0 fully saturated rings. The maximum absolute atomic E-state index is 4.55. The van der Waals surface area contributed by atoms with Crippen molar-refractivity contribution in [3.63, 3.8) is 0 Å². The molecule has 0 aromatic carbocycles. The fourth-order valence-electron chi connectivity index (χ4n) is 2.11. The third-order valence-corrected chi connectivity index (χ3v) is 3.36. The molecule has 0 saturated heterocycles. The lowest BCUT2D eigenvalue weighted by atomic mass is 10.1. The summed E-state index contributed by atoms with van der Waals surface area (Å²) in [5.74, 6) is 1.24. The number of nitrogens with one attached hydrogen (secondary N) is 1. The molecule has 0 spiro atoms. The number of fused-ring (bicyclic) bond motifs is 1. The Balaban J connectivity index is 1.89. The summed E-state index contributed by atoms with van der Waals surface area (Å²) in [4.78, 5) is 4.41. The molecule has 0 atom stereocenters. The predicted octanol–water partition coefficient (Wildman–Crippen LogP) is 2.20. The molecule has 0 bridgehead atoms. The number of nitrogens with zero attached hydrogens (tertiary/aromatic N) is 5. The van der Waals surface area contributed by atoms with Crippen molar-refractivity contribution in [2.45, 2.75) is 26.3 Å². The first kappa shape index (κ1) is 12.7. The minimum absolute atomic E-state index is 0.403. The molecule has 3 aromatic rings. The van der Waals surface area contributed by atoms with Gasteiger partial charge in [-0.05, 0) is 18.1 Å². The van der Waals surface area contributed by atoms with Crippen LogP contribution in [0.2, 0.25) is 0 Å². The number of aryl methyl sites for hydroxylation is 1. The van der Waals surface area contributed by atoms with Crippen LogP contribution in [0.3, 0.4) is 0 Å². The highest BCUT2D eigenvalue weighted by molar-refractivity contribution is 5.67. The van der Waals surface area contributed by atoms with Crippen LogP contribution in [-0.2, 0) is 13.6 Å². The SMILES string of the molecule is CC(C)c1cc2c(NCc3ccnn3C)nccn2n1. The number of anilines is 1. The molecule has 0 unspecified atom stereocenters. The van der Waals surface area contributed by atoms with Crippen LogP contribution in [0, 0.1) is 0 Å². The molecule has 3 aromatic heterocycles. The average molecular weight is 270 g/mol. The Bertz CT molecular complexity index is 724. The van der Waals surface area contributed by atoms with Crippen molar-refractivity contribution in [2.75, 3.05) is 5.32 Å². The van der Waals surface area contributed by atoms with Crippen LogP contribution in [0.25, 0.3) is 5.52 Å². The number of aromatic nitrogens is 5. The normalized spacial score (nSPS) is 11.4. The third-order valence-electron chi connectivity index (χ3n) is 3.36. The molecular formula is C14H18N6. The van der Waals surface area contributed by atoms with Crippen LogP contribution in [0.15, 0.2) is 30.7 Å². The Morgan fingerprint density at radius 2 is 2.15 bits per heavy atom. The molecule has 3 heterocycles. The van der Waals surface area contributed by atoms with Crippen LogP contribution in [-0.4, -0.2) is 24.4 Å². The molecule has 104 valence electrons. The first-order valence-electron chi connectivity index (χ1n) is 6.70. The molecule has 0 radical (unpaired) electrons. The molecule has 0 aliphatic rings. The molecule has 20 heavy (non-hydrogen) atoms. The van der Waals surface area contributed by atoms with Gasteiger partial charge in [0.25, 0.3) is 0 Å². The topological polar surface area (TPSA) is 60.0 Å². The van der Waals surface area contributed by atoms with Gasteiger partial charge in [0.15, 0.2) is 5.82 Å². The first-order valence-corrected chi connectivity index (χ1v) is 6.70. The monoisotopic (exact) mass is 270 g/mol. The molecule has 0 amide bonds. The van der Waals surface area contributed by atoms with Gasteiger partial charge < -0.3 is 5.32 Å². The zero-order chi connectivity index (χ0) is 14.1. The maximum atomic E-state index is 4.55. The zero-order valence-corrected chi connectivity index (χ0v) is 11.9. The predicted molar refractivity (Wildman–Crippen MR) is 77.6 cm³/mol. The Kier molecular flexibility index (Phi) is 3.14. The number of hydrogen-bond donors (Lipinski definition) is 1. The lowest BCUT2D eigenvalue weighted by molar-refractivity contribution is 0.720. The van der Waals surface area contributed by atoms with Gasteiger partial charge >= 0.3 is 0 Å². The summed E-state index contributed by atoms with van der Waals surface area (Å²) in [5, 5.41) is 12.1. The van der Waals surface area contributed by atoms with E-state index in [2.05, 4.69) is 40.4 Å². The number of hydrogen-bond acceptors (Lipinski definition) is 4. The van der Waals surface area contributed by atoms with Crippen LogP contribution in [0.1, 0.15) is 31.2 Å². The summed E-state index contributed by atoms with van der Waals surface area (Å²) < 4.78 is 3.72. The summed E-state index contributed by atoms with van der Waals surface area (Å²) >= 11 is 0. The van der Waals surface area contributed by atoms with Crippen molar-refractivity contribution in [1.82, 2.24) is 24.4 Å². The number of rotatable bonds is 4. The minimum Gasteiger partial charge on any atom is -0.363 e. The van der Waals surface area contributed by atoms with Gasteiger partial charge in [-0.1, -0.05) is 13.8 Å². The van der Waals surface area contributed by atoms with Crippen molar-refractivity contribution in [3.8, 4) is 0 Å². The third kappa shape index (κ3) is 2.24. The Labute approximate surface area is 117 Å². The Hall–Kier alpha value is -2.37. The van der Waals surface area contributed by atoms with E-state index >= 15 is 0 Å². The highest BCUT2D eigenvalue weighted by Crippen LogP contribution is 2.20. The highest BCUT2D eigenvalue weighted by Gasteiger charge is 2.10. The quantitative estimate of drug-likeness (QED) is 0.789. The van der Waals surface area contributed by atoms with Gasteiger partial charge in [-0.25, -0.2) is 9.50 Å². The summed E-state index contributed by atoms with van der Waals surface area (Å²) in [5.41, 5.74) is 3.18. The van der Waals surface area contributed by atoms with Crippen molar-refractivity contribution < 1.29 is 0 Å². The smallest absolute Gasteiger partial charge is 0.152 e. The largest absolute Gasteiger partial charge is 0.363 e. The second-order valence-corrected chi connectivity index (χ2v) is 5.13. The summed E-state index contributed by atoms with van der Waals surface area (Å²) in [6.07, 6.45) is 5.42. The molecule has 0 aliphatic heterocycles. The Morgan fingerprint density at radius 1 is 1.30 bits per heavy atom. The van der Waals surface area contributed by atoms with Crippen LogP contribution in [0.4, 0.5) is 5.82 Å². The lowest BCUT2D eigenvalue weighted by Crippen LogP contribution is -2.07. The molecule has 0 aliphatic carbocycles. The molecular weight excluding hydrogens is 252 g/mol. The average Bonchev–Trinajstić information content (AvgIpc) is 3.02. The summed E-state index contributed by atoms with van der Waals surface area (Å²) in [6, 6.07) is 4.08. The van der Waals surface area contributed by atoms with E-state index in [0.717, 1.165) is 22.7 Å². The van der Waals surface area contributed by atoms with Crippen molar-refractivity contribution in [3.05, 3.63) is 42.1 Å². The standard InChI is InChI=1S/C14H18N6/c1-10(2)12-8-13-14(15-6-7-20(13)18-12)16-9-11-4-5-17-19(11)3/h4-8,10H,9H2,1-3H3,(H,15,16). The molecule has 6 heteroatoms. The van der Waals surface area contributed by atoms with Crippen LogP contribution >= 0.6 is 0 Å². The summed E-state index contributed by atoms with van der Waals surface area (Å²) in [7, 11) is 1.93. The zero-order valence-electron chi connectivity index (χ0n) is 11.9.